The average molecular weight is 441 g/mol. The summed E-state index contributed by atoms with van der Waals surface area (Å²) in [6, 6.07) is 25.6. The van der Waals surface area contributed by atoms with Gasteiger partial charge in [-0.15, -0.1) is 5.10 Å². The first-order valence-corrected chi connectivity index (χ1v) is 11.1. The highest BCUT2D eigenvalue weighted by Crippen LogP contribution is 2.34. The fraction of sp³-hybridized carbons (Fsp3) is 0.0800. The molecule has 0 aliphatic carbocycles. The number of aromatic nitrogens is 1. The van der Waals surface area contributed by atoms with Crippen LogP contribution in [0.3, 0.4) is 0 Å². The fourth-order valence-electron chi connectivity index (χ4n) is 3.75. The highest BCUT2D eigenvalue weighted by atomic mass is 32.2. The number of hydrogen-bond acceptors (Lipinski definition) is 5. The number of para-hydroxylation sites is 3. The molecule has 32 heavy (non-hydrogen) atoms. The van der Waals surface area contributed by atoms with Crippen molar-refractivity contribution in [1.82, 2.24) is 4.98 Å². The Bertz CT molecular complexity index is 1340. The third kappa shape index (κ3) is 3.67. The van der Waals surface area contributed by atoms with E-state index in [1.54, 1.807) is 18.2 Å². The third-order valence-electron chi connectivity index (χ3n) is 5.23. The number of rotatable bonds is 5. The SMILES string of the molecule is COc1ccccc1N1C(=O)CSC1=N/N=C\c1c(-c2ccccc2)[nH]c2ccccc12. The molecule has 1 aliphatic rings. The van der Waals surface area contributed by atoms with Crippen LogP contribution in [0.1, 0.15) is 5.56 Å². The van der Waals surface area contributed by atoms with Crippen molar-refractivity contribution in [2.75, 3.05) is 17.8 Å². The van der Waals surface area contributed by atoms with Gasteiger partial charge in [-0.1, -0.05) is 72.4 Å². The molecule has 0 bridgehead atoms. The summed E-state index contributed by atoms with van der Waals surface area (Å²) in [6.45, 7) is 0. The van der Waals surface area contributed by atoms with Crippen molar-refractivity contribution >= 4 is 45.6 Å². The van der Waals surface area contributed by atoms with E-state index in [2.05, 4.69) is 33.4 Å². The lowest BCUT2D eigenvalue weighted by molar-refractivity contribution is -0.115. The second kappa shape index (κ2) is 8.72. The maximum absolute atomic E-state index is 12.6. The van der Waals surface area contributed by atoms with Crippen LogP contribution in [0.15, 0.2) is 89.1 Å². The minimum absolute atomic E-state index is 0.0504. The van der Waals surface area contributed by atoms with E-state index in [1.165, 1.54) is 11.8 Å². The standard InChI is InChI=1S/C25H20N4O2S/c1-31-22-14-8-7-13-21(22)29-23(30)16-32-25(29)28-26-15-19-18-11-5-6-12-20(18)27-24(19)17-9-3-2-4-10-17/h2-15,27H,16H2,1H3/b26-15-,28-25?. The number of anilines is 1. The van der Waals surface area contributed by atoms with Crippen LogP contribution in [0.25, 0.3) is 22.2 Å². The molecule has 0 saturated carbocycles. The monoisotopic (exact) mass is 440 g/mol. The second-order valence-corrected chi connectivity index (χ2v) is 8.08. The summed E-state index contributed by atoms with van der Waals surface area (Å²) in [7, 11) is 1.59. The van der Waals surface area contributed by atoms with Crippen LogP contribution >= 0.6 is 11.8 Å². The number of amides is 1. The molecule has 1 aromatic heterocycles. The van der Waals surface area contributed by atoms with Crippen LogP contribution in [-0.2, 0) is 4.79 Å². The smallest absolute Gasteiger partial charge is 0.243 e. The highest BCUT2D eigenvalue weighted by Gasteiger charge is 2.31. The number of benzene rings is 3. The van der Waals surface area contributed by atoms with Crippen LogP contribution in [0.2, 0.25) is 0 Å². The first kappa shape index (κ1) is 20.1. The summed E-state index contributed by atoms with van der Waals surface area (Å²) in [6.07, 6.45) is 1.75. The van der Waals surface area contributed by atoms with Gasteiger partial charge in [0.25, 0.3) is 0 Å². The minimum Gasteiger partial charge on any atom is -0.495 e. The van der Waals surface area contributed by atoms with Crippen molar-refractivity contribution in [3.8, 4) is 17.0 Å². The number of nitrogens with zero attached hydrogens (tertiary/aromatic N) is 3. The van der Waals surface area contributed by atoms with E-state index in [4.69, 9.17) is 4.74 Å². The van der Waals surface area contributed by atoms with Gasteiger partial charge in [-0.05, 0) is 23.8 Å². The maximum Gasteiger partial charge on any atom is 0.243 e. The summed E-state index contributed by atoms with van der Waals surface area (Å²) >= 11 is 1.36. The molecule has 1 aliphatic heterocycles. The summed E-state index contributed by atoms with van der Waals surface area (Å²) in [5.74, 6) is 0.878. The van der Waals surface area contributed by atoms with Crippen LogP contribution in [0.4, 0.5) is 5.69 Å². The van der Waals surface area contributed by atoms with E-state index >= 15 is 0 Å². The zero-order chi connectivity index (χ0) is 21.9. The molecule has 0 radical (unpaired) electrons. The lowest BCUT2D eigenvalue weighted by Gasteiger charge is -2.17. The zero-order valence-electron chi connectivity index (χ0n) is 17.4. The summed E-state index contributed by atoms with van der Waals surface area (Å²) in [5.41, 5.74) is 4.69. The van der Waals surface area contributed by atoms with Gasteiger partial charge in [0.05, 0.1) is 30.5 Å². The molecule has 0 atom stereocenters. The van der Waals surface area contributed by atoms with Crippen molar-refractivity contribution in [1.29, 1.82) is 0 Å². The minimum atomic E-state index is -0.0504. The molecule has 0 unspecified atom stereocenters. The Morgan fingerprint density at radius 2 is 1.75 bits per heavy atom. The van der Waals surface area contributed by atoms with Crippen molar-refractivity contribution in [3.05, 3.63) is 84.4 Å². The molecule has 1 amide bonds. The molecule has 1 saturated heterocycles. The maximum atomic E-state index is 12.6. The average Bonchev–Trinajstić information content (AvgIpc) is 3.40. The molecular formula is C25H20N4O2S. The Labute approximate surface area is 189 Å². The fourth-order valence-corrected chi connectivity index (χ4v) is 4.57. The number of thioether (sulfide) groups is 1. The highest BCUT2D eigenvalue weighted by molar-refractivity contribution is 8.15. The number of amidine groups is 1. The Balaban J connectivity index is 1.54. The van der Waals surface area contributed by atoms with Gasteiger partial charge in [0, 0.05) is 16.5 Å². The largest absolute Gasteiger partial charge is 0.495 e. The number of nitrogens with one attached hydrogen (secondary N) is 1. The third-order valence-corrected chi connectivity index (χ3v) is 6.14. The predicted molar refractivity (Wildman–Crippen MR) is 132 cm³/mol. The molecule has 1 N–H and O–H groups in total. The molecule has 2 heterocycles. The number of ether oxygens (including phenoxy) is 1. The Kier molecular flexibility index (Phi) is 5.47. The van der Waals surface area contributed by atoms with Crippen LogP contribution in [-0.4, -0.2) is 35.1 Å². The van der Waals surface area contributed by atoms with Crippen LogP contribution in [0, 0.1) is 0 Å². The normalized spacial score (nSPS) is 15.3. The molecule has 1 fully saturated rings. The molecular weight excluding hydrogens is 420 g/mol. The summed E-state index contributed by atoms with van der Waals surface area (Å²) in [5, 5.41) is 10.4. The summed E-state index contributed by atoms with van der Waals surface area (Å²) < 4.78 is 5.43. The van der Waals surface area contributed by atoms with E-state index in [9.17, 15) is 4.79 Å². The summed E-state index contributed by atoms with van der Waals surface area (Å²) in [4.78, 5) is 17.6. The number of methoxy groups -OCH3 is 1. The van der Waals surface area contributed by atoms with Gasteiger partial charge in [-0.2, -0.15) is 5.10 Å². The van der Waals surface area contributed by atoms with Gasteiger partial charge in [-0.3, -0.25) is 9.69 Å². The Morgan fingerprint density at radius 1 is 1.00 bits per heavy atom. The Hall–Kier alpha value is -3.84. The number of carbonyl (C=O) groups excluding carboxylic acids is 1. The van der Waals surface area contributed by atoms with Crippen molar-refractivity contribution in [3.63, 3.8) is 0 Å². The molecule has 7 heteroatoms. The molecule has 5 rings (SSSR count). The number of fused-ring (bicyclic) bond motifs is 1. The number of H-pyrrole nitrogens is 1. The van der Waals surface area contributed by atoms with Crippen molar-refractivity contribution in [2.45, 2.75) is 0 Å². The topological polar surface area (TPSA) is 70.0 Å². The number of carbonyl (C=O) groups is 1. The van der Waals surface area contributed by atoms with Gasteiger partial charge >= 0.3 is 0 Å². The van der Waals surface area contributed by atoms with Crippen LogP contribution in [0.5, 0.6) is 5.75 Å². The Morgan fingerprint density at radius 3 is 2.59 bits per heavy atom. The molecule has 6 nitrogen and oxygen atoms in total. The second-order valence-electron chi connectivity index (χ2n) is 7.14. The van der Waals surface area contributed by atoms with E-state index in [0.29, 0.717) is 22.4 Å². The van der Waals surface area contributed by atoms with Crippen molar-refractivity contribution < 1.29 is 9.53 Å². The molecule has 4 aromatic rings. The number of hydrogen-bond donors (Lipinski definition) is 1. The van der Waals surface area contributed by atoms with E-state index < -0.39 is 0 Å². The predicted octanol–water partition coefficient (Wildman–Crippen LogP) is 5.31. The lowest BCUT2D eigenvalue weighted by Crippen LogP contribution is -2.29. The first-order valence-electron chi connectivity index (χ1n) is 10.1. The van der Waals surface area contributed by atoms with Gasteiger partial charge < -0.3 is 9.72 Å². The van der Waals surface area contributed by atoms with Gasteiger partial charge in [-0.25, -0.2) is 0 Å². The quantitative estimate of drug-likeness (QED) is 0.338. The van der Waals surface area contributed by atoms with Crippen molar-refractivity contribution in [2.24, 2.45) is 10.2 Å². The first-order chi connectivity index (χ1) is 15.8. The van der Waals surface area contributed by atoms with Crippen LogP contribution < -0.4 is 9.64 Å². The van der Waals surface area contributed by atoms with E-state index in [-0.39, 0.29) is 5.91 Å². The molecule has 3 aromatic carbocycles. The molecule has 158 valence electrons. The van der Waals surface area contributed by atoms with Gasteiger partial charge in [0.1, 0.15) is 5.75 Å². The van der Waals surface area contributed by atoms with Gasteiger partial charge in [0.15, 0.2) is 5.17 Å². The number of aromatic amines is 1. The molecule has 0 spiro atoms. The van der Waals surface area contributed by atoms with E-state index in [1.807, 2.05) is 60.7 Å². The van der Waals surface area contributed by atoms with Gasteiger partial charge in [0.2, 0.25) is 5.91 Å². The lowest BCUT2D eigenvalue weighted by atomic mass is 10.1. The zero-order valence-corrected chi connectivity index (χ0v) is 18.2. The van der Waals surface area contributed by atoms with E-state index in [0.717, 1.165) is 27.7 Å².